The van der Waals surface area contributed by atoms with Crippen molar-refractivity contribution in [2.45, 2.75) is 50.4 Å². The number of carbonyl (C=O) groups is 1. The zero-order chi connectivity index (χ0) is 17.0. The summed E-state index contributed by atoms with van der Waals surface area (Å²) in [6, 6.07) is 8.65. The molecule has 1 amide bonds. The Morgan fingerprint density at radius 2 is 2.17 bits per heavy atom. The molecular weight excluding hydrogens is 296 g/mol. The van der Waals surface area contributed by atoms with Crippen LogP contribution in [0.2, 0.25) is 0 Å². The molecule has 2 aliphatic carbocycles. The third-order valence-electron chi connectivity index (χ3n) is 5.50. The lowest BCUT2D eigenvalue weighted by molar-refractivity contribution is -0.119. The van der Waals surface area contributed by atoms with Crippen molar-refractivity contribution in [3.63, 3.8) is 0 Å². The molecule has 1 aromatic carbocycles. The summed E-state index contributed by atoms with van der Waals surface area (Å²) < 4.78 is 0. The lowest BCUT2D eigenvalue weighted by Crippen LogP contribution is -2.33. The molecule has 0 saturated heterocycles. The van der Waals surface area contributed by atoms with Crippen LogP contribution in [0.1, 0.15) is 56.1 Å². The van der Waals surface area contributed by atoms with E-state index in [9.17, 15) is 4.79 Å². The van der Waals surface area contributed by atoms with Crippen LogP contribution in [0.3, 0.4) is 0 Å². The maximum absolute atomic E-state index is 11.9. The summed E-state index contributed by atoms with van der Waals surface area (Å²) in [6.07, 6.45) is 11.3. The molecule has 0 saturated carbocycles. The maximum Gasteiger partial charge on any atom is 0.218 e. The van der Waals surface area contributed by atoms with E-state index in [-0.39, 0.29) is 11.3 Å². The highest BCUT2D eigenvalue weighted by Gasteiger charge is 2.47. The Balaban J connectivity index is 1.94. The van der Waals surface area contributed by atoms with E-state index in [1.165, 1.54) is 16.7 Å². The third-order valence-corrected chi connectivity index (χ3v) is 5.50. The molecule has 1 aromatic rings. The quantitative estimate of drug-likeness (QED) is 0.718. The van der Waals surface area contributed by atoms with E-state index in [0.29, 0.717) is 12.3 Å². The van der Waals surface area contributed by atoms with Gasteiger partial charge in [-0.25, -0.2) is 0 Å². The van der Waals surface area contributed by atoms with Gasteiger partial charge in [-0.15, -0.1) is 0 Å². The largest absolute Gasteiger partial charge is 0.370 e. The van der Waals surface area contributed by atoms with Gasteiger partial charge in [-0.2, -0.15) is 0 Å². The highest BCUT2D eigenvalue weighted by molar-refractivity contribution is 5.78. The standard InChI is InChI=1S/C21H28N2O/c1-2-23-14-8-7-13-21(15-20(22)24)18-11-5-3-9-16(18)17-10-4-6-12-19(17)21/h3-6,9,11-12,17,23H,2,7-8,10,13-15H2,1H3,(H2,22,24). The zero-order valence-corrected chi connectivity index (χ0v) is 14.6. The number of nitrogens with two attached hydrogens (primary N) is 1. The van der Waals surface area contributed by atoms with Gasteiger partial charge in [0.25, 0.3) is 0 Å². The van der Waals surface area contributed by atoms with Crippen LogP contribution in [0.25, 0.3) is 0 Å². The van der Waals surface area contributed by atoms with Crippen LogP contribution in [-0.4, -0.2) is 19.0 Å². The van der Waals surface area contributed by atoms with Gasteiger partial charge in [-0.1, -0.05) is 61.4 Å². The number of amides is 1. The number of fused-ring (bicyclic) bond motifs is 3. The fraction of sp³-hybridized carbons (Fsp3) is 0.476. The van der Waals surface area contributed by atoms with Crippen LogP contribution >= 0.6 is 0 Å². The molecule has 3 heteroatoms. The molecule has 0 bridgehead atoms. The number of allylic oxidation sites excluding steroid dienone is 4. The summed E-state index contributed by atoms with van der Waals surface area (Å²) in [4.78, 5) is 11.9. The van der Waals surface area contributed by atoms with Crippen LogP contribution in [0, 0.1) is 0 Å². The van der Waals surface area contributed by atoms with Crippen molar-refractivity contribution in [2.24, 2.45) is 5.73 Å². The topological polar surface area (TPSA) is 55.1 Å². The molecule has 3 N–H and O–H groups in total. The summed E-state index contributed by atoms with van der Waals surface area (Å²) in [5.41, 5.74) is 9.60. The van der Waals surface area contributed by atoms with E-state index in [0.717, 1.165) is 38.8 Å². The average Bonchev–Trinajstić information content (AvgIpc) is 2.86. The van der Waals surface area contributed by atoms with Gasteiger partial charge in [0, 0.05) is 17.8 Å². The molecule has 0 aliphatic heterocycles. The summed E-state index contributed by atoms with van der Waals surface area (Å²) in [5, 5.41) is 3.38. The molecule has 128 valence electrons. The molecule has 24 heavy (non-hydrogen) atoms. The maximum atomic E-state index is 11.9. The molecule has 2 aliphatic rings. The summed E-state index contributed by atoms with van der Waals surface area (Å²) in [7, 11) is 0. The molecule has 0 spiro atoms. The van der Waals surface area contributed by atoms with Gasteiger partial charge >= 0.3 is 0 Å². The van der Waals surface area contributed by atoms with Gasteiger partial charge in [0.15, 0.2) is 0 Å². The van der Waals surface area contributed by atoms with E-state index >= 15 is 0 Å². The monoisotopic (exact) mass is 324 g/mol. The highest BCUT2D eigenvalue weighted by atomic mass is 16.1. The Kier molecular flexibility index (Phi) is 5.20. The van der Waals surface area contributed by atoms with Crippen molar-refractivity contribution in [1.82, 2.24) is 5.32 Å². The van der Waals surface area contributed by atoms with E-state index in [1.807, 2.05) is 0 Å². The van der Waals surface area contributed by atoms with Gasteiger partial charge in [-0.3, -0.25) is 4.79 Å². The molecule has 0 radical (unpaired) electrons. The van der Waals surface area contributed by atoms with Crippen molar-refractivity contribution in [3.05, 3.63) is 59.2 Å². The summed E-state index contributed by atoms with van der Waals surface area (Å²) >= 11 is 0. The molecule has 0 fully saturated rings. The lowest BCUT2D eigenvalue weighted by atomic mass is 9.69. The number of carbonyl (C=O) groups excluding carboxylic acids is 1. The predicted octanol–water partition coefficient (Wildman–Crippen LogP) is 3.56. The van der Waals surface area contributed by atoms with Crippen LogP contribution in [0.15, 0.2) is 48.1 Å². The van der Waals surface area contributed by atoms with Gasteiger partial charge in [0.2, 0.25) is 5.91 Å². The van der Waals surface area contributed by atoms with Crippen molar-refractivity contribution in [3.8, 4) is 0 Å². The number of primary amides is 1. The molecule has 3 nitrogen and oxygen atoms in total. The van der Waals surface area contributed by atoms with Crippen molar-refractivity contribution >= 4 is 5.91 Å². The van der Waals surface area contributed by atoms with E-state index in [4.69, 9.17) is 5.73 Å². The smallest absolute Gasteiger partial charge is 0.218 e. The first kappa shape index (κ1) is 17.0. The highest BCUT2D eigenvalue weighted by Crippen LogP contribution is 2.56. The van der Waals surface area contributed by atoms with Crippen LogP contribution in [0.4, 0.5) is 0 Å². The Labute approximate surface area is 145 Å². The number of nitrogens with one attached hydrogen (secondary N) is 1. The molecule has 0 aromatic heterocycles. The molecular formula is C21H28N2O. The number of unbranched alkanes of at least 4 members (excludes halogenated alkanes) is 1. The molecule has 3 rings (SSSR count). The van der Waals surface area contributed by atoms with Gasteiger partial charge in [0.1, 0.15) is 0 Å². The van der Waals surface area contributed by atoms with Crippen LogP contribution in [0.5, 0.6) is 0 Å². The minimum atomic E-state index is -0.204. The fourth-order valence-electron chi connectivity index (χ4n) is 4.52. The second kappa shape index (κ2) is 7.35. The minimum Gasteiger partial charge on any atom is -0.370 e. The van der Waals surface area contributed by atoms with Crippen LogP contribution < -0.4 is 11.1 Å². The summed E-state index contributed by atoms with van der Waals surface area (Å²) in [5.74, 6) is 0.215. The Morgan fingerprint density at radius 1 is 1.33 bits per heavy atom. The van der Waals surface area contributed by atoms with Crippen molar-refractivity contribution in [1.29, 1.82) is 0 Å². The first-order valence-electron chi connectivity index (χ1n) is 9.14. The van der Waals surface area contributed by atoms with E-state index in [1.54, 1.807) is 0 Å². The zero-order valence-electron chi connectivity index (χ0n) is 14.6. The second-order valence-electron chi connectivity index (χ2n) is 6.96. The molecule has 2 atom stereocenters. The average molecular weight is 324 g/mol. The SMILES string of the molecule is CCNCCCCC1(CC(N)=O)C2=CC=CCC2c2ccccc21. The number of hydrogen-bond donors (Lipinski definition) is 2. The number of benzene rings is 1. The van der Waals surface area contributed by atoms with E-state index in [2.05, 4.69) is 54.7 Å². The lowest BCUT2D eigenvalue weighted by Gasteiger charge is -2.33. The van der Waals surface area contributed by atoms with Gasteiger partial charge < -0.3 is 11.1 Å². The van der Waals surface area contributed by atoms with E-state index < -0.39 is 0 Å². The normalized spacial score (nSPS) is 24.4. The summed E-state index contributed by atoms with van der Waals surface area (Å²) in [6.45, 7) is 4.17. The van der Waals surface area contributed by atoms with Crippen LogP contribution in [-0.2, 0) is 10.2 Å². The minimum absolute atomic E-state index is 0.201. The first-order valence-corrected chi connectivity index (χ1v) is 9.14. The Bertz CT molecular complexity index is 662. The second-order valence-corrected chi connectivity index (χ2v) is 6.96. The Hall–Kier alpha value is -1.87. The first-order chi connectivity index (χ1) is 11.7. The Morgan fingerprint density at radius 3 is 2.96 bits per heavy atom. The van der Waals surface area contributed by atoms with Gasteiger partial charge in [0.05, 0.1) is 0 Å². The van der Waals surface area contributed by atoms with Crippen molar-refractivity contribution in [2.75, 3.05) is 13.1 Å². The number of hydrogen-bond acceptors (Lipinski definition) is 2. The molecule has 0 heterocycles. The van der Waals surface area contributed by atoms with Gasteiger partial charge in [-0.05, 0) is 43.5 Å². The third kappa shape index (κ3) is 3.05. The number of rotatable bonds is 8. The van der Waals surface area contributed by atoms with Crippen molar-refractivity contribution < 1.29 is 4.79 Å². The fourth-order valence-corrected chi connectivity index (χ4v) is 4.52. The molecule has 2 unspecified atom stereocenters. The predicted molar refractivity (Wildman–Crippen MR) is 98.9 cm³/mol.